The Morgan fingerprint density at radius 2 is 1.88 bits per heavy atom. The van der Waals surface area contributed by atoms with Gasteiger partial charge in [-0.1, -0.05) is 0 Å². The van der Waals surface area contributed by atoms with E-state index in [9.17, 15) is 0 Å². The van der Waals surface area contributed by atoms with Crippen molar-refractivity contribution in [2.45, 2.75) is 52.0 Å². The maximum atomic E-state index is 4.32. The number of hydrogen-bond donors (Lipinski definition) is 1. The summed E-state index contributed by atoms with van der Waals surface area (Å²) in [6.07, 6.45) is 8.92. The zero-order valence-electron chi connectivity index (χ0n) is 15.1. The number of benzene rings is 1. The van der Waals surface area contributed by atoms with E-state index in [0.717, 1.165) is 18.5 Å². The van der Waals surface area contributed by atoms with E-state index < -0.39 is 0 Å². The van der Waals surface area contributed by atoms with Crippen molar-refractivity contribution in [3.8, 4) is 5.69 Å². The summed E-state index contributed by atoms with van der Waals surface area (Å²) in [6, 6.07) is 12.6. The molecule has 3 aromatic rings. The predicted molar refractivity (Wildman–Crippen MR) is 97.2 cm³/mol. The first kappa shape index (κ1) is 18.1. The predicted octanol–water partition coefficient (Wildman–Crippen LogP) is 4.54. The number of aryl methyl sites for hydroxylation is 2. The van der Waals surface area contributed by atoms with Crippen LogP contribution in [0.4, 0.5) is 0 Å². The third-order valence-electron chi connectivity index (χ3n) is 4.65. The third kappa shape index (κ3) is 4.30. The van der Waals surface area contributed by atoms with Gasteiger partial charge in [-0.15, -0.1) is 0 Å². The summed E-state index contributed by atoms with van der Waals surface area (Å²) in [5.74, 6) is 0. The molecule has 0 fully saturated rings. The normalized spacial score (nSPS) is 11.9. The molecule has 0 saturated carbocycles. The van der Waals surface area contributed by atoms with Crippen LogP contribution in [0.15, 0.2) is 48.8 Å². The molecule has 25 heavy (non-hydrogen) atoms. The average Bonchev–Trinajstić information content (AvgIpc) is 3.18. The van der Waals surface area contributed by atoms with Crippen molar-refractivity contribution in [1.82, 2.24) is 19.3 Å². The van der Waals surface area contributed by atoms with Gasteiger partial charge in [-0.25, -0.2) is 0 Å². The number of H-pyrrole nitrogens is 1. The number of rotatable bonds is 7. The molecule has 0 spiro atoms. The number of imidazole rings is 1. The zero-order valence-corrected chi connectivity index (χ0v) is 17.4. The fraction of sp³-hybridized carbons (Fsp3) is 0.400. The van der Waals surface area contributed by atoms with Crippen LogP contribution >= 0.6 is 0 Å². The minimum absolute atomic E-state index is 0.0958. The van der Waals surface area contributed by atoms with Crippen LogP contribution < -0.4 is 0 Å². The number of para-hydroxylation sites is 1. The van der Waals surface area contributed by atoms with Gasteiger partial charge in [0, 0.05) is 0 Å². The zero-order chi connectivity index (χ0) is 17.9. The number of nitrogens with zero attached hydrogens (tertiary/aromatic N) is 3. The quantitative estimate of drug-likeness (QED) is 0.460. The molecule has 2 heterocycles. The van der Waals surface area contributed by atoms with Crippen molar-refractivity contribution < 1.29 is 19.4 Å². The molecule has 2 aromatic heterocycles. The average molecular weight is 518 g/mol. The standard InChI is InChI=1S/C20H26N4.Pt/c1-17-15-18(22-21-17)9-7-8-12-20(2,3)24-14-13-23(16-24)19-10-5-4-6-11-19;/h4-6,10-11,13-15H,7-9,12H2,1-3H3,(H,21,22);. The van der Waals surface area contributed by atoms with Gasteiger partial charge in [0.25, 0.3) is 0 Å². The van der Waals surface area contributed by atoms with Gasteiger partial charge in [0.15, 0.2) is 0 Å². The van der Waals surface area contributed by atoms with Crippen LogP contribution in [0.2, 0.25) is 0 Å². The Morgan fingerprint density at radius 3 is 2.56 bits per heavy atom. The van der Waals surface area contributed by atoms with Crippen molar-refractivity contribution in [2.75, 3.05) is 0 Å². The van der Waals surface area contributed by atoms with E-state index in [-0.39, 0.29) is 5.54 Å². The summed E-state index contributed by atoms with van der Waals surface area (Å²) in [5, 5.41) is 7.34. The van der Waals surface area contributed by atoms with Crippen molar-refractivity contribution in [2.24, 2.45) is 0 Å². The van der Waals surface area contributed by atoms with E-state index in [0.29, 0.717) is 0 Å². The second-order valence-corrected chi connectivity index (χ2v) is 8.19. The Labute approximate surface area is 160 Å². The monoisotopic (exact) mass is 517 g/mol. The van der Waals surface area contributed by atoms with Crippen LogP contribution in [-0.4, -0.2) is 19.3 Å². The minimum atomic E-state index is 0.0958. The first-order valence-electron chi connectivity index (χ1n) is 8.79. The molecule has 0 aliphatic heterocycles. The molecule has 1 aromatic carbocycles. The van der Waals surface area contributed by atoms with Crippen LogP contribution in [0.1, 0.15) is 44.5 Å². The molecular weight excluding hydrogens is 491 g/mol. The van der Waals surface area contributed by atoms with E-state index in [1.807, 2.05) is 0 Å². The van der Waals surface area contributed by atoms with E-state index in [1.54, 1.807) is 0 Å². The number of aromatic nitrogens is 4. The molecule has 0 aliphatic carbocycles. The molecule has 0 bridgehead atoms. The van der Waals surface area contributed by atoms with Crippen molar-refractivity contribution in [3.05, 3.63) is 64.0 Å². The van der Waals surface area contributed by atoms with E-state index in [2.05, 4.69) is 108 Å². The molecule has 0 amide bonds. The van der Waals surface area contributed by atoms with Crippen LogP contribution in [0, 0.1) is 10.7 Å². The Morgan fingerprint density at radius 1 is 1.12 bits per heavy atom. The third-order valence-corrected chi connectivity index (χ3v) is 5.74. The second kappa shape index (κ2) is 7.70. The second-order valence-electron chi connectivity index (χ2n) is 7.18. The molecular formula is C20H26N4Pt. The Balaban J connectivity index is 1.64. The van der Waals surface area contributed by atoms with Crippen LogP contribution in [0.25, 0.3) is 5.69 Å². The maximum absolute atomic E-state index is 4.32. The van der Waals surface area contributed by atoms with Gasteiger partial charge in [0.05, 0.1) is 0 Å². The van der Waals surface area contributed by atoms with Crippen LogP contribution in [0.5, 0.6) is 0 Å². The van der Waals surface area contributed by atoms with Gasteiger partial charge in [0.1, 0.15) is 0 Å². The van der Waals surface area contributed by atoms with Gasteiger partial charge >= 0.3 is 160 Å². The Bertz CT molecular complexity index is 870. The summed E-state index contributed by atoms with van der Waals surface area (Å²) in [6.45, 7) is 6.70. The fourth-order valence-corrected chi connectivity index (χ4v) is 4.48. The molecule has 0 radical (unpaired) electrons. The summed E-state index contributed by atoms with van der Waals surface area (Å²) < 4.78 is 5.87. The number of nitrogens with one attached hydrogen (secondary N) is 1. The summed E-state index contributed by atoms with van der Waals surface area (Å²) in [7, 11) is 0. The first-order chi connectivity index (χ1) is 12.0. The molecule has 5 heteroatoms. The molecule has 0 unspecified atom stereocenters. The summed E-state index contributed by atoms with van der Waals surface area (Å²) >= 11 is 2.43. The Kier molecular flexibility index (Phi) is 5.58. The number of aromatic amines is 1. The molecule has 1 N–H and O–H groups in total. The topological polar surface area (TPSA) is 38.5 Å². The van der Waals surface area contributed by atoms with Crippen LogP contribution in [0.3, 0.4) is 0 Å². The molecule has 0 aliphatic rings. The van der Waals surface area contributed by atoms with Gasteiger partial charge < -0.3 is 0 Å². The van der Waals surface area contributed by atoms with Crippen LogP contribution in [-0.2, 0) is 31.3 Å². The van der Waals surface area contributed by atoms with Crippen molar-refractivity contribution in [3.63, 3.8) is 0 Å². The molecule has 0 atom stereocenters. The number of unbranched alkanes of at least 4 members (excludes halogenated alkanes) is 1. The summed E-state index contributed by atoms with van der Waals surface area (Å²) in [4.78, 5) is 0. The molecule has 136 valence electrons. The fourth-order valence-electron chi connectivity index (χ4n) is 3.16. The van der Waals surface area contributed by atoms with Gasteiger partial charge in [-0.2, -0.15) is 0 Å². The van der Waals surface area contributed by atoms with Gasteiger partial charge in [-0.05, 0) is 0 Å². The Hall–Kier alpha value is -1.67. The van der Waals surface area contributed by atoms with E-state index in [4.69, 9.17) is 0 Å². The number of hydrogen-bond acceptors (Lipinski definition) is 1. The molecule has 0 saturated heterocycles. The van der Waals surface area contributed by atoms with Gasteiger partial charge in [0.2, 0.25) is 0 Å². The SMILES string of the molecule is Cc1cc(CCCCC(C)(C)n2ccn(-c3ccccc3)[c]2=[Pt])n[nH]1. The van der Waals surface area contributed by atoms with E-state index >= 15 is 0 Å². The van der Waals surface area contributed by atoms with Gasteiger partial charge in [-0.3, -0.25) is 0 Å². The first-order valence-corrected chi connectivity index (χ1v) is 9.93. The summed E-state index contributed by atoms with van der Waals surface area (Å²) in [5.41, 5.74) is 3.62. The van der Waals surface area contributed by atoms with E-state index in [1.165, 1.54) is 28.0 Å². The molecule has 4 nitrogen and oxygen atoms in total. The van der Waals surface area contributed by atoms with Crippen molar-refractivity contribution >= 4 is 0 Å². The molecule has 3 rings (SSSR count). The van der Waals surface area contributed by atoms with Crippen molar-refractivity contribution in [1.29, 1.82) is 0 Å².